The largest absolute Gasteiger partial charge is 0.469 e. The van der Waals surface area contributed by atoms with Crippen LogP contribution in [0.25, 0.3) is 0 Å². The summed E-state index contributed by atoms with van der Waals surface area (Å²) >= 11 is 10.3. The highest BCUT2D eigenvalue weighted by Gasteiger charge is 2.50. The van der Waals surface area contributed by atoms with Crippen LogP contribution in [0.1, 0.15) is 20.3 Å². The van der Waals surface area contributed by atoms with Crippen LogP contribution in [0.4, 0.5) is 13.2 Å². The average molecular weight is 293 g/mol. The molecule has 0 aromatic heterocycles. The molecule has 0 aliphatic carbocycles. The first-order valence-corrected chi connectivity index (χ1v) is 5.39. The van der Waals surface area contributed by atoms with Crippen LogP contribution in [0.5, 0.6) is 0 Å². The van der Waals surface area contributed by atoms with E-state index in [-0.39, 0.29) is 6.42 Å². The van der Waals surface area contributed by atoms with Gasteiger partial charge in [-0.1, -0.05) is 43.1 Å². The van der Waals surface area contributed by atoms with Crippen LogP contribution in [-0.4, -0.2) is 23.6 Å². The van der Waals surface area contributed by atoms with Crippen LogP contribution in [-0.2, 0) is 9.53 Å². The molecular formula is C10H13Cl2F3O2. The van der Waals surface area contributed by atoms with Gasteiger partial charge in [-0.05, 0) is 11.5 Å². The Kier molecular flexibility index (Phi) is 5.35. The lowest BCUT2D eigenvalue weighted by Gasteiger charge is -2.23. The molecule has 0 aliphatic rings. The maximum Gasteiger partial charge on any atom is 0.425 e. The van der Waals surface area contributed by atoms with Crippen LogP contribution in [0.2, 0.25) is 0 Å². The zero-order chi connectivity index (χ0) is 13.9. The Bertz CT molecular complexity index is 309. The monoisotopic (exact) mass is 292 g/mol. The lowest BCUT2D eigenvalue weighted by molar-refractivity contribution is -0.142. The van der Waals surface area contributed by atoms with Crippen molar-refractivity contribution in [3.8, 4) is 0 Å². The molecule has 0 aromatic carbocycles. The van der Waals surface area contributed by atoms with E-state index in [1.54, 1.807) is 13.8 Å². The molecule has 0 radical (unpaired) electrons. The number of hydrogen-bond acceptors (Lipinski definition) is 2. The summed E-state index contributed by atoms with van der Waals surface area (Å²) in [7, 11) is 1.20. The van der Waals surface area contributed by atoms with Crippen molar-refractivity contribution in [3.05, 3.63) is 12.2 Å². The maximum atomic E-state index is 12.3. The second kappa shape index (κ2) is 5.48. The summed E-state index contributed by atoms with van der Waals surface area (Å²) in [6.45, 7) is 3.14. The van der Waals surface area contributed by atoms with Gasteiger partial charge in [0, 0.05) is 0 Å². The van der Waals surface area contributed by atoms with Gasteiger partial charge < -0.3 is 4.74 Å². The Morgan fingerprint density at radius 1 is 1.24 bits per heavy atom. The van der Waals surface area contributed by atoms with Gasteiger partial charge in [-0.2, -0.15) is 13.2 Å². The first-order valence-electron chi connectivity index (χ1n) is 4.63. The molecule has 2 nitrogen and oxygen atoms in total. The number of alkyl halides is 5. The van der Waals surface area contributed by atoms with Crippen molar-refractivity contribution in [2.24, 2.45) is 5.41 Å². The highest BCUT2D eigenvalue weighted by atomic mass is 35.5. The molecule has 0 spiro atoms. The Morgan fingerprint density at radius 2 is 1.71 bits per heavy atom. The number of ether oxygens (including phenoxy) is 1. The molecule has 0 aliphatic heterocycles. The topological polar surface area (TPSA) is 26.3 Å². The van der Waals surface area contributed by atoms with Gasteiger partial charge in [-0.25, -0.2) is 0 Å². The Labute approximate surface area is 108 Å². The molecule has 0 saturated carbocycles. The van der Waals surface area contributed by atoms with Gasteiger partial charge in [0.15, 0.2) is 0 Å². The minimum absolute atomic E-state index is 0.0677. The molecule has 0 atom stereocenters. The summed E-state index contributed by atoms with van der Waals surface area (Å²) in [4.78, 5) is 11.0. The first kappa shape index (κ1) is 16.6. The minimum atomic E-state index is -4.77. The number of esters is 1. The fourth-order valence-corrected chi connectivity index (χ4v) is 1.05. The fourth-order valence-electron chi connectivity index (χ4n) is 0.928. The van der Waals surface area contributed by atoms with Crippen molar-refractivity contribution in [1.82, 2.24) is 0 Å². The van der Waals surface area contributed by atoms with Gasteiger partial charge in [-0.15, -0.1) is 0 Å². The van der Waals surface area contributed by atoms with Crippen molar-refractivity contribution < 1.29 is 22.7 Å². The van der Waals surface area contributed by atoms with Gasteiger partial charge >= 0.3 is 12.1 Å². The summed E-state index contributed by atoms with van der Waals surface area (Å²) in [5.74, 6) is -0.526. The molecule has 17 heavy (non-hydrogen) atoms. The van der Waals surface area contributed by atoms with Crippen LogP contribution in [0.3, 0.4) is 0 Å². The third kappa shape index (κ3) is 5.64. The summed E-state index contributed by atoms with van der Waals surface area (Å²) in [5.41, 5.74) is -0.826. The number of halogens is 5. The standard InChI is InChI=1S/C10H13Cl2F3O2/c1-8(2,6-7(16)17-3)4-5-9(11,12)10(13,14)15/h4-5H,6H2,1-3H3/b5-4+. The molecule has 0 unspecified atom stereocenters. The summed E-state index contributed by atoms with van der Waals surface area (Å²) in [6, 6.07) is 0. The van der Waals surface area contributed by atoms with Gasteiger partial charge in [0.05, 0.1) is 13.5 Å². The van der Waals surface area contributed by atoms with Crippen LogP contribution >= 0.6 is 23.2 Å². The zero-order valence-electron chi connectivity index (χ0n) is 9.57. The highest BCUT2D eigenvalue weighted by molar-refractivity contribution is 6.50. The van der Waals surface area contributed by atoms with E-state index in [0.29, 0.717) is 6.08 Å². The molecule has 0 heterocycles. The molecule has 0 saturated heterocycles. The lowest BCUT2D eigenvalue weighted by Crippen LogP contribution is -2.32. The number of allylic oxidation sites excluding steroid dienone is 2. The molecule has 100 valence electrons. The lowest BCUT2D eigenvalue weighted by atomic mass is 9.88. The molecule has 0 bridgehead atoms. The number of hydrogen-bond donors (Lipinski definition) is 0. The van der Waals surface area contributed by atoms with Crippen molar-refractivity contribution in [2.45, 2.75) is 30.8 Å². The zero-order valence-corrected chi connectivity index (χ0v) is 11.1. The molecular weight excluding hydrogens is 280 g/mol. The van der Waals surface area contributed by atoms with Gasteiger partial charge in [0.25, 0.3) is 0 Å². The number of carbonyl (C=O) groups excluding carboxylic acids is 1. The minimum Gasteiger partial charge on any atom is -0.469 e. The third-order valence-electron chi connectivity index (χ3n) is 1.95. The summed E-state index contributed by atoms with van der Waals surface area (Å²) in [6.07, 6.45) is -3.06. The first-order chi connectivity index (χ1) is 7.41. The number of rotatable bonds is 4. The molecule has 0 rings (SSSR count). The molecule has 0 aromatic rings. The van der Waals surface area contributed by atoms with Crippen LogP contribution in [0.15, 0.2) is 12.2 Å². The molecule has 7 heteroatoms. The van der Waals surface area contributed by atoms with E-state index >= 15 is 0 Å². The van der Waals surface area contributed by atoms with Gasteiger partial charge in [0.1, 0.15) is 0 Å². The van der Waals surface area contributed by atoms with Crippen molar-refractivity contribution in [1.29, 1.82) is 0 Å². The summed E-state index contributed by atoms with van der Waals surface area (Å²) in [5, 5.41) is 0. The van der Waals surface area contributed by atoms with E-state index in [1.165, 1.54) is 7.11 Å². The van der Waals surface area contributed by atoms with Gasteiger partial charge in [-0.3, -0.25) is 4.79 Å². The Morgan fingerprint density at radius 3 is 2.06 bits per heavy atom. The molecule has 0 N–H and O–H groups in total. The predicted octanol–water partition coefficient (Wildman–Crippen LogP) is 3.87. The summed E-state index contributed by atoms with van der Waals surface area (Å²) < 4.78 is 38.5. The predicted molar refractivity (Wildman–Crippen MR) is 60.0 cm³/mol. The highest BCUT2D eigenvalue weighted by Crippen LogP contribution is 2.42. The van der Waals surface area contributed by atoms with E-state index in [9.17, 15) is 18.0 Å². The van der Waals surface area contributed by atoms with E-state index in [4.69, 9.17) is 23.2 Å². The Balaban J connectivity index is 4.77. The number of methoxy groups -OCH3 is 1. The smallest absolute Gasteiger partial charge is 0.425 e. The third-order valence-corrected chi connectivity index (χ3v) is 2.63. The van der Waals surface area contributed by atoms with Crippen molar-refractivity contribution in [2.75, 3.05) is 7.11 Å². The van der Waals surface area contributed by atoms with Crippen LogP contribution in [0, 0.1) is 5.41 Å². The average Bonchev–Trinajstić information content (AvgIpc) is 2.12. The van der Waals surface area contributed by atoms with Gasteiger partial charge in [0.2, 0.25) is 4.33 Å². The Hall–Kier alpha value is -0.420. The van der Waals surface area contributed by atoms with Crippen molar-refractivity contribution in [3.63, 3.8) is 0 Å². The second-order valence-corrected chi connectivity index (χ2v) is 5.58. The fraction of sp³-hybridized carbons (Fsp3) is 0.700. The van der Waals surface area contributed by atoms with E-state index in [0.717, 1.165) is 6.08 Å². The van der Waals surface area contributed by atoms with Crippen LogP contribution < -0.4 is 0 Å². The molecule has 0 fully saturated rings. The SMILES string of the molecule is COC(=O)CC(C)(C)/C=C/C(Cl)(Cl)C(F)(F)F. The molecule has 0 amide bonds. The van der Waals surface area contributed by atoms with E-state index in [2.05, 4.69) is 4.74 Å². The second-order valence-electron chi connectivity index (χ2n) is 4.20. The normalized spacial score (nSPS) is 14.1. The van der Waals surface area contributed by atoms with E-state index < -0.39 is 21.9 Å². The maximum absolute atomic E-state index is 12.3. The van der Waals surface area contributed by atoms with E-state index in [1.807, 2.05) is 0 Å². The van der Waals surface area contributed by atoms with Crippen molar-refractivity contribution >= 4 is 29.2 Å². The quantitative estimate of drug-likeness (QED) is 0.447. The number of carbonyl (C=O) groups is 1.